The Morgan fingerprint density at radius 2 is 1.91 bits per heavy atom. The Kier molecular flexibility index (Phi) is 8.05. The van der Waals surface area contributed by atoms with Gasteiger partial charge in [0.1, 0.15) is 17.7 Å². The first-order valence-corrected chi connectivity index (χ1v) is 12.6. The van der Waals surface area contributed by atoms with Crippen LogP contribution < -0.4 is 26.4 Å². The number of nitrogens with one attached hydrogen (secondary N) is 2. The van der Waals surface area contributed by atoms with Gasteiger partial charge in [-0.1, -0.05) is 48.2 Å². The molecule has 6 N–H and O–H groups in total. The van der Waals surface area contributed by atoms with Crippen molar-refractivity contribution in [1.29, 1.82) is 5.41 Å². The highest BCUT2D eigenvalue weighted by molar-refractivity contribution is 8.00. The third-order valence-electron chi connectivity index (χ3n) is 5.82. The molecule has 0 aliphatic carbocycles. The van der Waals surface area contributed by atoms with E-state index in [1.165, 1.54) is 10.6 Å². The van der Waals surface area contributed by atoms with Crippen LogP contribution in [0.1, 0.15) is 11.1 Å². The Morgan fingerprint density at radius 3 is 2.53 bits per heavy atom. The second-order valence-corrected chi connectivity index (χ2v) is 10.1. The molecule has 0 saturated carbocycles. The van der Waals surface area contributed by atoms with Crippen LogP contribution in [0.2, 0.25) is 0 Å². The molecule has 178 valence electrons. The molecule has 0 aromatic heterocycles. The molecule has 0 amide bonds. The van der Waals surface area contributed by atoms with E-state index in [1.807, 2.05) is 60.7 Å². The zero-order valence-corrected chi connectivity index (χ0v) is 20.9. The standard InChI is InChI=1S/C20H25N5OS.C6H6S/c1-25-17-6-5-14(26-15-10-24-11-15)9-18(17)27-20(25)16(21)8-12-3-2-4-13(7-12)19(22)23;7-6-4-2-1-3-5-6/h2-7,9,15-16,20,24H,8,10-11,21H2,1H3,(H3,22,23);1-5,7H. The number of thioether (sulfide) groups is 1. The van der Waals surface area contributed by atoms with Crippen molar-refractivity contribution >= 4 is 35.9 Å². The van der Waals surface area contributed by atoms with Crippen molar-refractivity contribution in [2.75, 3.05) is 25.0 Å². The summed E-state index contributed by atoms with van der Waals surface area (Å²) in [6.45, 7) is 1.83. The smallest absolute Gasteiger partial charge is 0.123 e. The average Bonchev–Trinajstić information content (AvgIpc) is 3.13. The van der Waals surface area contributed by atoms with E-state index in [2.05, 4.69) is 42.0 Å². The summed E-state index contributed by atoms with van der Waals surface area (Å²) in [6.07, 6.45) is 1.01. The fourth-order valence-electron chi connectivity index (χ4n) is 3.88. The highest BCUT2D eigenvalue weighted by Gasteiger charge is 2.32. The van der Waals surface area contributed by atoms with Crippen molar-refractivity contribution < 1.29 is 4.74 Å². The largest absolute Gasteiger partial charge is 0.488 e. The number of benzene rings is 3. The van der Waals surface area contributed by atoms with Crippen molar-refractivity contribution in [2.45, 2.75) is 33.7 Å². The van der Waals surface area contributed by atoms with Crippen LogP contribution in [0.5, 0.6) is 5.75 Å². The highest BCUT2D eigenvalue weighted by Crippen LogP contribution is 2.45. The van der Waals surface area contributed by atoms with Crippen LogP contribution in [-0.2, 0) is 6.42 Å². The number of rotatable bonds is 6. The molecule has 1 saturated heterocycles. The molecule has 1 fully saturated rings. The quantitative estimate of drug-likeness (QED) is 0.204. The molecule has 2 heterocycles. The summed E-state index contributed by atoms with van der Waals surface area (Å²) in [5.41, 5.74) is 15.2. The van der Waals surface area contributed by atoms with Gasteiger partial charge in [-0.3, -0.25) is 5.41 Å². The van der Waals surface area contributed by atoms with E-state index in [-0.39, 0.29) is 23.4 Å². The number of thiol groups is 1. The van der Waals surface area contributed by atoms with Gasteiger partial charge in [0, 0.05) is 41.5 Å². The number of hydrogen-bond acceptors (Lipinski definition) is 7. The molecule has 34 heavy (non-hydrogen) atoms. The minimum Gasteiger partial charge on any atom is -0.488 e. The fraction of sp³-hybridized carbons (Fsp3) is 0.269. The summed E-state index contributed by atoms with van der Waals surface area (Å²) in [4.78, 5) is 4.47. The van der Waals surface area contributed by atoms with E-state index in [0.717, 1.165) is 41.3 Å². The third-order valence-corrected chi connectivity index (χ3v) is 7.61. The molecular weight excluding hydrogens is 462 g/mol. The molecule has 2 aliphatic rings. The van der Waals surface area contributed by atoms with Gasteiger partial charge in [-0.2, -0.15) is 0 Å². The molecule has 8 heteroatoms. The highest BCUT2D eigenvalue weighted by atomic mass is 32.2. The van der Waals surface area contributed by atoms with Crippen LogP contribution in [0, 0.1) is 5.41 Å². The van der Waals surface area contributed by atoms with Crippen molar-refractivity contribution in [3.05, 3.63) is 83.9 Å². The van der Waals surface area contributed by atoms with Crippen molar-refractivity contribution in [3.8, 4) is 5.75 Å². The summed E-state index contributed by atoms with van der Waals surface area (Å²) in [6, 6.07) is 23.8. The zero-order chi connectivity index (χ0) is 24.1. The predicted octanol–water partition coefficient (Wildman–Crippen LogP) is 3.73. The maximum Gasteiger partial charge on any atom is 0.123 e. The van der Waals surface area contributed by atoms with Gasteiger partial charge in [0.15, 0.2) is 0 Å². The molecule has 0 spiro atoms. The molecule has 6 nitrogen and oxygen atoms in total. The number of anilines is 1. The van der Waals surface area contributed by atoms with Crippen LogP contribution >= 0.6 is 24.4 Å². The lowest BCUT2D eigenvalue weighted by atomic mass is 10.0. The van der Waals surface area contributed by atoms with Crippen LogP contribution in [0.3, 0.4) is 0 Å². The Bertz CT molecular complexity index is 1120. The number of ether oxygens (including phenoxy) is 1. The molecule has 3 aromatic carbocycles. The summed E-state index contributed by atoms with van der Waals surface area (Å²) in [5.74, 6) is 1.00. The first-order valence-electron chi connectivity index (χ1n) is 11.2. The number of likely N-dealkylation sites (N-methyl/N-ethyl adjacent to an activating group) is 1. The molecule has 2 aliphatic heterocycles. The average molecular weight is 494 g/mol. The number of nitrogens with zero attached hydrogens (tertiary/aromatic N) is 1. The molecule has 3 aromatic rings. The van der Waals surface area contributed by atoms with Crippen LogP contribution in [-0.4, -0.2) is 43.5 Å². The van der Waals surface area contributed by atoms with E-state index < -0.39 is 0 Å². The Balaban J connectivity index is 0.000000336. The van der Waals surface area contributed by atoms with E-state index in [4.69, 9.17) is 21.6 Å². The Morgan fingerprint density at radius 1 is 1.15 bits per heavy atom. The van der Waals surface area contributed by atoms with Crippen molar-refractivity contribution in [2.24, 2.45) is 11.5 Å². The van der Waals surface area contributed by atoms with Crippen LogP contribution in [0.25, 0.3) is 0 Å². The number of fused-ring (bicyclic) bond motifs is 1. The lowest BCUT2D eigenvalue weighted by Crippen LogP contribution is -2.50. The molecule has 0 radical (unpaired) electrons. The summed E-state index contributed by atoms with van der Waals surface area (Å²) < 4.78 is 5.98. The van der Waals surface area contributed by atoms with E-state index >= 15 is 0 Å². The minimum atomic E-state index is -0.0465. The van der Waals surface area contributed by atoms with E-state index in [0.29, 0.717) is 0 Å². The number of nitrogen functional groups attached to an aromatic ring is 1. The monoisotopic (exact) mass is 493 g/mol. The topological polar surface area (TPSA) is 100 Å². The molecule has 2 unspecified atom stereocenters. The van der Waals surface area contributed by atoms with Gasteiger partial charge in [0.05, 0.1) is 11.1 Å². The van der Waals surface area contributed by atoms with Crippen LogP contribution in [0.15, 0.2) is 82.6 Å². The Labute approximate surface area is 211 Å². The number of nitrogens with two attached hydrogens (primary N) is 2. The van der Waals surface area contributed by atoms with Gasteiger partial charge in [0.25, 0.3) is 0 Å². The summed E-state index contributed by atoms with van der Waals surface area (Å²) in [5, 5.41) is 11.0. The normalized spacial score (nSPS) is 17.7. The first kappa shape index (κ1) is 24.5. The van der Waals surface area contributed by atoms with E-state index in [9.17, 15) is 0 Å². The molecule has 2 atom stereocenters. The van der Waals surface area contributed by atoms with Gasteiger partial charge < -0.3 is 26.4 Å². The Hall–Kier alpha value is -2.65. The lowest BCUT2D eigenvalue weighted by molar-refractivity contribution is 0.142. The molecule has 5 rings (SSSR count). The number of amidine groups is 1. The minimum absolute atomic E-state index is 0.0465. The molecule has 0 bridgehead atoms. The second-order valence-electron chi connectivity index (χ2n) is 8.46. The van der Waals surface area contributed by atoms with Crippen molar-refractivity contribution in [1.82, 2.24) is 5.32 Å². The number of hydrogen-bond donors (Lipinski definition) is 5. The van der Waals surface area contributed by atoms with Gasteiger partial charge >= 0.3 is 0 Å². The van der Waals surface area contributed by atoms with Crippen molar-refractivity contribution in [3.63, 3.8) is 0 Å². The summed E-state index contributed by atoms with van der Waals surface area (Å²) in [7, 11) is 2.09. The van der Waals surface area contributed by atoms with Gasteiger partial charge in [-0.25, -0.2) is 0 Å². The maximum atomic E-state index is 7.61. The second kappa shape index (κ2) is 11.2. The van der Waals surface area contributed by atoms with E-state index in [1.54, 1.807) is 11.8 Å². The predicted molar refractivity (Wildman–Crippen MR) is 145 cm³/mol. The lowest BCUT2D eigenvalue weighted by Gasteiger charge is -2.28. The third kappa shape index (κ3) is 6.07. The SMILES string of the molecule is CN1c2ccc(OC3CNC3)cc2SC1C(N)Cc1cccc(C(=N)N)c1.Sc1ccccc1. The summed E-state index contributed by atoms with van der Waals surface area (Å²) >= 11 is 5.87. The van der Waals surface area contributed by atoms with Gasteiger partial charge in [-0.05, 0) is 48.4 Å². The zero-order valence-electron chi connectivity index (χ0n) is 19.1. The fourth-order valence-corrected chi connectivity index (χ4v) is 5.37. The molecular formula is C26H31N5OS2. The first-order chi connectivity index (χ1) is 16.4. The van der Waals surface area contributed by atoms with Crippen LogP contribution in [0.4, 0.5) is 5.69 Å². The maximum absolute atomic E-state index is 7.61. The van der Waals surface area contributed by atoms with Gasteiger partial charge in [-0.15, -0.1) is 12.6 Å². The van der Waals surface area contributed by atoms with Gasteiger partial charge in [0.2, 0.25) is 0 Å².